The van der Waals surface area contributed by atoms with Gasteiger partial charge in [0.2, 0.25) is 0 Å². The monoisotopic (exact) mass is 449 g/mol. The number of carbonyl (C=O) groups excluding carboxylic acids is 1. The molecule has 30 heavy (non-hydrogen) atoms. The van der Waals surface area contributed by atoms with Crippen LogP contribution in [0.5, 0.6) is 17.2 Å². The Morgan fingerprint density at radius 3 is 2.03 bits per heavy atom. The maximum atomic E-state index is 12.5. The number of hydrogen-bond donors (Lipinski definition) is 1. The Hall–Kier alpha value is -2.63. The average Bonchev–Trinajstić information content (AvgIpc) is 2.71. The molecule has 0 bridgehead atoms. The molecule has 0 saturated carbocycles. The lowest BCUT2D eigenvalue weighted by molar-refractivity contribution is 0.0791. The van der Waals surface area contributed by atoms with Crippen LogP contribution >= 0.6 is 23.2 Å². The van der Waals surface area contributed by atoms with E-state index in [1.54, 1.807) is 41.3 Å². The second-order valence-electron chi connectivity index (χ2n) is 6.45. The van der Waals surface area contributed by atoms with Crippen LogP contribution in [0.2, 0.25) is 10.0 Å². The van der Waals surface area contributed by atoms with E-state index in [4.69, 9.17) is 32.7 Å². The Morgan fingerprint density at radius 1 is 0.967 bits per heavy atom. The minimum absolute atomic E-state index is 0.00686. The number of nitrogens with zero attached hydrogens (tertiary/aromatic N) is 1. The molecule has 0 aromatic heterocycles. The molecular formula is C23H25Cl2NO4. The van der Waals surface area contributed by atoms with E-state index in [-0.39, 0.29) is 21.7 Å². The zero-order valence-corrected chi connectivity index (χ0v) is 18.2. The molecule has 0 heterocycles. The number of halogens is 2. The lowest BCUT2D eigenvalue weighted by atomic mass is 10.2. The predicted octanol–water partition coefficient (Wildman–Crippen LogP) is 5.75. The smallest absolute Gasteiger partial charge is 0.254 e. The summed E-state index contributed by atoms with van der Waals surface area (Å²) in [5.41, 5.74) is 0.585. The van der Waals surface area contributed by atoms with Crippen LogP contribution in [-0.4, -0.2) is 42.2 Å². The van der Waals surface area contributed by atoms with E-state index in [9.17, 15) is 9.90 Å². The van der Waals surface area contributed by atoms with Crippen molar-refractivity contribution in [2.75, 3.05) is 26.3 Å². The van der Waals surface area contributed by atoms with Crippen molar-refractivity contribution in [1.82, 2.24) is 4.90 Å². The molecule has 7 heteroatoms. The Kier molecular flexibility index (Phi) is 9.58. The number of aromatic hydroxyl groups is 1. The van der Waals surface area contributed by atoms with E-state index in [1.807, 2.05) is 0 Å². The zero-order chi connectivity index (χ0) is 21.9. The summed E-state index contributed by atoms with van der Waals surface area (Å²) in [4.78, 5) is 14.2. The van der Waals surface area contributed by atoms with Gasteiger partial charge in [-0.25, -0.2) is 0 Å². The van der Waals surface area contributed by atoms with Gasteiger partial charge in [-0.3, -0.25) is 4.79 Å². The highest BCUT2D eigenvalue weighted by Crippen LogP contribution is 2.36. The summed E-state index contributed by atoms with van der Waals surface area (Å²) in [5.74, 6) is 0.966. The van der Waals surface area contributed by atoms with Gasteiger partial charge in [-0.05, 0) is 37.1 Å². The number of benzene rings is 2. The molecule has 0 aliphatic carbocycles. The molecule has 0 aliphatic rings. The molecule has 0 aliphatic heterocycles. The molecule has 0 atom stereocenters. The molecule has 1 amide bonds. The second kappa shape index (κ2) is 12.2. The summed E-state index contributed by atoms with van der Waals surface area (Å²) in [7, 11) is 0. The number of phenolic OH excluding ortho intramolecular Hbond substituents is 1. The van der Waals surface area contributed by atoms with Crippen molar-refractivity contribution in [3.8, 4) is 17.2 Å². The summed E-state index contributed by atoms with van der Waals surface area (Å²) in [6.45, 7) is 9.21. The zero-order valence-electron chi connectivity index (χ0n) is 16.7. The third kappa shape index (κ3) is 7.01. The molecule has 2 rings (SSSR count). The molecular weight excluding hydrogens is 425 g/mol. The van der Waals surface area contributed by atoms with E-state index >= 15 is 0 Å². The van der Waals surface area contributed by atoms with Crippen molar-refractivity contribution in [3.63, 3.8) is 0 Å². The van der Waals surface area contributed by atoms with Crippen LogP contribution in [0.3, 0.4) is 0 Å². The number of carbonyl (C=O) groups is 1. The maximum Gasteiger partial charge on any atom is 0.254 e. The van der Waals surface area contributed by atoms with Crippen LogP contribution in [0.15, 0.2) is 61.7 Å². The highest BCUT2D eigenvalue weighted by atomic mass is 35.5. The highest BCUT2D eigenvalue weighted by Gasteiger charge is 2.13. The molecule has 2 aromatic rings. The topological polar surface area (TPSA) is 59.0 Å². The Morgan fingerprint density at radius 2 is 1.50 bits per heavy atom. The quantitative estimate of drug-likeness (QED) is 0.330. The molecule has 5 nitrogen and oxygen atoms in total. The summed E-state index contributed by atoms with van der Waals surface area (Å²) >= 11 is 12.0. The first-order chi connectivity index (χ1) is 14.5. The van der Waals surface area contributed by atoms with Crippen molar-refractivity contribution in [3.05, 3.63) is 77.3 Å². The standard InChI is InChI=1S/C23H25Cl2NO4/c1-3-11-26(12-4-2)23(28)17-7-9-19(10-8-17)29-13-5-6-14-30-22-20(24)15-18(27)16-21(22)25/h3-4,7-10,15-16,27H,1-2,5-6,11-14H2. The van der Waals surface area contributed by atoms with Crippen molar-refractivity contribution in [1.29, 1.82) is 0 Å². The van der Waals surface area contributed by atoms with Gasteiger partial charge in [0.1, 0.15) is 11.5 Å². The van der Waals surface area contributed by atoms with Gasteiger partial charge in [0.25, 0.3) is 5.91 Å². The minimum Gasteiger partial charge on any atom is -0.508 e. The third-order valence-corrected chi connectivity index (χ3v) is 4.69. The Labute approximate surface area is 187 Å². The largest absolute Gasteiger partial charge is 0.508 e. The van der Waals surface area contributed by atoms with Crippen molar-refractivity contribution in [2.24, 2.45) is 0 Å². The van der Waals surface area contributed by atoms with Gasteiger partial charge in [-0.15, -0.1) is 13.2 Å². The fourth-order valence-corrected chi connectivity index (χ4v) is 3.27. The summed E-state index contributed by atoms with van der Waals surface area (Å²) in [5, 5.41) is 9.96. The first-order valence-electron chi connectivity index (χ1n) is 9.51. The van der Waals surface area contributed by atoms with E-state index in [0.29, 0.717) is 43.4 Å². The van der Waals surface area contributed by atoms with E-state index in [0.717, 1.165) is 12.8 Å². The number of rotatable bonds is 12. The maximum absolute atomic E-state index is 12.5. The number of amides is 1. The lowest BCUT2D eigenvalue weighted by Crippen LogP contribution is -2.31. The van der Waals surface area contributed by atoms with Crippen LogP contribution in [0.4, 0.5) is 0 Å². The normalized spacial score (nSPS) is 10.3. The SMILES string of the molecule is C=CCN(CC=C)C(=O)c1ccc(OCCCCOc2c(Cl)cc(O)cc2Cl)cc1. The van der Waals surface area contributed by atoms with Crippen LogP contribution in [0.1, 0.15) is 23.2 Å². The van der Waals surface area contributed by atoms with E-state index < -0.39 is 0 Å². The van der Waals surface area contributed by atoms with Crippen molar-refractivity contribution < 1.29 is 19.4 Å². The molecule has 160 valence electrons. The molecule has 0 fully saturated rings. The molecule has 0 radical (unpaired) electrons. The van der Waals surface area contributed by atoms with Crippen LogP contribution in [0.25, 0.3) is 0 Å². The number of unbranched alkanes of at least 4 members (excludes halogenated alkanes) is 1. The Bertz CT molecular complexity index is 835. The number of phenols is 1. The lowest BCUT2D eigenvalue weighted by Gasteiger charge is -2.19. The molecule has 0 unspecified atom stereocenters. The number of ether oxygens (including phenoxy) is 2. The minimum atomic E-state index is -0.0787. The van der Waals surface area contributed by atoms with Gasteiger partial charge in [0.05, 0.1) is 23.3 Å². The summed E-state index contributed by atoms with van der Waals surface area (Å²) in [6, 6.07) is 9.81. The van der Waals surface area contributed by atoms with Gasteiger partial charge in [-0.1, -0.05) is 35.4 Å². The molecule has 0 saturated heterocycles. The van der Waals surface area contributed by atoms with E-state index in [2.05, 4.69) is 13.2 Å². The van der Waals surface area contributed by atoms with E-state index in [1.165, 1.54) is 12.1 Å². The first kappa shape index (κ1) is 23.6. The highest BCUT2D eigenvalue weighted by molar-refractivity contribution is 6.37. The van der Waals surface area contributed by atoms with Gasteiger partial charge in [0.15, 0.2) is 5.75 Å². The van der Waals surface area contributed by atoms with Gasteiger partial charge < -0.3 is 19.5 Å². The van der Waals surface area contributed by atoms with Crippen molar-refractivity contribution in [2.45, 2.75) is 12.8 Å². The average molecular weight is 450 g/mol. The van der Waals surface area contributed by atoms with Crippen LogP contribution in [0, 0.1) is 0 Å². The molecule has 1 N–H and O–H groups in total. The molecule has 0 spiro atoms. The fourth-order valence-electron chi connectivity index (χ4n) is 2.68. The van der Waals surface area contributed by atoms with Gasteiger partial charge in [0, 0.05) is 30.8 Å². The predicted molar refractivity (Wildman–Crippen MR) is 121 cm³/mol. The summed E-state index contributed by atoms with van der Waals surface area (Å²) < 4.78 is 11.3. The first-order valence-corrected chi connectivity index (χ1v) is 10.3. The second-order valence-corrected chi connectivity index (χ2v) is 7.27. The van der Waals surface area contributed by atoms with Crippen LogP contribution in [-0.2, 0) is 0 Å². The van der Waals surface area contributed by atoms with Gasteiger partial charge >= 0.3 is 0 Å². The Balaban J connectivity index is 1.75. The molecule has 2 aromatic carbocycles. The number of hydrogen-bond acceptors (Lipinski definition) is 4. The van der Waals surface area contributed by atoms with Crippen molar-refractivity contribution >= 4 is 29.1 Å². The summed E-state index contributed by atoms with van der Waals surface area (Å²) in [6.07, 6.45) is 4.88. The van der Waals surface area contributed by atoms with Crippen LogP contribution < -0.4 is 9.47 Å². The third-order valence-electron chi connectivity index (χ3n) is 4.12. The fraction of sp³-hybridized carbons (Fsp3) is 0.261. The van der Waals surface area contributed by atoms with Gasteiger partial charge in [-0.2, -0.15) is 0 Å².